The normalized spacial score (nSPS) is 9.69. The van der Waals surface area contributed by atoms with Gasteiger partial charge < -0.3 is 10.5 Å². The van der Waals surface area contributed by atoms with Crippen molar-refractivity contribution in [2.45, 2.75) is 6.42 Å². The maximum atomic E-state index is 7.14. The molecule has 0 atom stereocenters. The van der Waals surface area contributed by atoms with E-state index in [0.29, 0.717) is 16.5 Å². The number of ether oxygens (including phenoxy) is 1. The molecular formula is C8H10ClN3O. The van der Waals surface area contributed by atoms with E-state index in [4.69, 9.17) is 27.5 Å². The fourth-order valence-electron chi connectivity index (χ4n) is 0.977. The lowest BCUT2D eigenvalue weighted by molar-refractivity contribution is 0.394. The first kappa shape index (κ1) is 9.80. The predicted octanol–water partition coefficient (Wildman–Crippen LogP) is 1.22. The molecule has 0 fully saturated rings. The molecule has 0 aliphatic carbocycles. The van der Waals surface area contributed by atoms with Gasteiger partial charge in [0.25, 0.3) is 0 Å². The van der Waals surface area contributed by atoms with Crippen LogP contribution in [0.4, 0.5) is 0 Å². The summed E-state index contributed by atoms with van der Waals surface area (Å²) in [4.78, 5) is 3.95. The third kappa shape index (κ3) is 2.32. The Morgan fingerprint density at radius 2 is 2.46 bits per heavy atom. The van der Waals surface area contributed by atoms with Gasteiger partial charge in [-0.2, -0.15) is 0 Å². The van der Waals surface area contributed by atoms with Crippen LogP contribution in [0.5, 0.6) is 5.88 Å². The van der Waals surface area contributed by atoms with Crippen LogP contribution in [0.3, 0.4) is 0 Å². The number of hydrogen-bond acceptors (Lipinski definition) is 3. The number of hydrogen-bond donors (Lipinski definition) is 2. The van der Waals surface area contributed by atoms with Crippen molar-refractivity contribution < 1.29 is 4.74 Å². The average Bonchev–Trinajstić information content (AvgIpc) is 2.08. The fraction of sp³-hybridized carbons (Fsp3) is 0.250. The molecule has 0 aliphatic rings. The Morgan fingerprint density at radius 3 is 3.00 bits per heavy atom. The van der Waals surface area contributed by atoms with Gasteiger partial charge in [0, 0.05) is 18.2 Å². The summed E-state index contributed by atoms with van der Waals surface area (Å²) in [5.41, 5.74) is 5.91. The van der Waals surface area contributed by atoms with Crippen LogP contribution in [0.15, 0.2) is 12.3 Å². The lowest BCUT2D eigenvalue weighted by Gasteiger charge is -2.07. The molecule has 5 heteroatoms. The Hall–Kier alpha value is -1.29. The van der Waals surface area contributed by atoms with Gasteiger partial charge in [0.15, 0.2) is 0 Å². The van der Waals surface area contributed by atoms with E-state index < -0.39 is 0 Å². The summed E-state index contributed by atoms with van der Waals surface area (Å²) in [5, 5.41) is 7.65. The van der Waals surface area contributed by atoms with Crippen LogP contribution in [0.25, 0.3) is 0 Å². The minimum atomic E-state index is 0.0354. The minimum Gasteiger partial charge on any atom is -0.481 e. The number of rotatable bonds is 3. The topological polar surface area (TPSA) is 72.0 Å². The summed E-state index contributed by atoms with van der Waals surface area (Å²) in [5.74, 6) is 0.455. The van der Waals surface area contributed by atoms with Crippen LogP contribution < -0.4 is 10.5 Å². The van der Waals surface area contributed by atoms with Crippen molar-refractivity contribution in [3.8, 4) is 5.88 Å². The molecule has 0 bridgehead atoms. The lowest BCUT2D eigenvalue weighted by atomic mass is 10.2. The van der Waals surface area contributed by atoms with Gasteiger partial charge in [-0.25, -0.2) is 4.98 Å². The van der Waals surface area contributed by atoms with Crippen molar-refractivity contribution in [1.82, 2.24) is 4.98 Å². The summed E-state index contributed by atoms with van der Waals surface area (Å²) in [7, 11) is 1.50. The van der Waals surface area contributed by atoms with E-state index in [-0.39, 0.29) is 12.3 Å². The molecule has 1 aromatic rings. The van der Waals surface area contributed by atoms with Crippen molar-refractivity contribution in [2.24, 2.45) is 5.73 Å². The highest BCUT2D eigenvalue weighted by atomic mass is 35.5. The summed E-state index contributed by atoms with van der Waals surface area (Å²) >= 11 is 5.88. The number of amidine groups is 1. The van der Waals surface area contributed by atoms with Gasteiger partial charge in [-0.3, -0.25) is 5.41 Å². The molecule has 0 amide bonds. The second-order valence-corrected chi connectivity index (χ2v) is 2.89. The zero-order chi connectivity index (χ0) is 9.84. The van der Waals surface area contributed by atoms with Crippen LogP contribution in [-0.4, -0.2) is 17.9 Å². The highest BCUT2D eigenvalue weighted by Gasteiger charge is 2.09. The first-order valence-electron chi connectivity index (χ1n) is 3.65. The van der Waals surface area contributed by atoms with Gasteiger partial charge in [-0.05, 0) is 6.07 Å². The number of nitrogens with two attached hydrogens (primary N) is 1. The summed E-state index contributed by atoms with van der Waals surface area (Å²) in [6.45, 7) is 0. The van der Waals surface area contributed by atoms with Gasteiger partial charge in [-0.1, -0.05) is 11.6 Å². The number of nitrogens with zero attached hydrogens (tertiary/aromatic N) is 1. The average molecular weight is 200 g/mol. The Labute approximate surface area is 81.2 Å². The summed E-state index contributed by atoms with van der Waals surface area (Å²) in [6.07, 6.45) is 1.81. The largest absolute Gasteiger partial charge is 0.481 e. The molecule has 4 nitrogen and oxygen atoms in total. The Bertz CT molecular complexity index is 327. The quantitative estimate of drug-likeness (QED) is 0.568. The molecule has 1 aromatic heterocycles. The van der Waals surface area contributed by atoms with Gasteiger partial charge in [-0.15, -0.1) is 0 Å². The molecule has 13 heavy (non-hydrogen) atoms. The van der Waals surface area contributed by atoms with E-state index in [1.807, 2.05) is 0 Å². The molecule has 1 rings (SSSR count). The van der Waals surface area contributed by atoms with Crippen LogP contribution in [0.2, 0.25) is 5.02 Å². The van der Waals surface area contributed by atoms with Gasteiger partial charge in [0.2, 0.25) is 5.88 Å². The van der Waals surface area contributed by atoms with Crippen molar-refractivity contribution in [3.63, 3.8) is 0 Å². The first-order valence-corrected chi connectivity index (χ1v) is 4.03. The van der Waals surface area contributed by atoms with Gasteiger partial charge in [0.1, 0.15) is 0 Å². The number of methoxy groups -OCH3 is 1. The molecule has 0 spiro atoms. The first-order chi connectivity index (χ1) is 6.15. The summed E-state index contributed by atoms with van der Waals surface area (Å²) < 4.78 is 4.98. The third-order valence-corrected chi connectivity index (χ3v) is 1.87. The highest BCUT2D eigenvalue weighted by molar-refractivity contribution is 6.31. The van der Waals surface area contributed by atoms with E-state index in [2.05, 4.69) is 4.98 Å². The van der Waals surface area contributed by atoms with Crippen LogP contribution >= 0.6 is 11.6 Å². The monoisotopic (exact) mass is 199 g/mol. The summed E-state index contributed by atoms with van der Waals surface area (Å²) in [6, 6.07) is 1.64. The number of pyridine rings is 1. The minimum absolute atomic E-state index is 0.0354. The molecule has 0 unspecified atom stereocenters. The highest BCUT2D eigenvalue weighted by Crippen LogP contribution is 2.23. The smallest absolute Gasteiger partial charge is 0.218 e. The van der Waals surface area contributed by atoms with Gasteiger partial charge >= 0.3 is 0 Å². The molecular weight excluding hydrogens is 190 g/mol. The molecule has 0 aromatic carbocycles. The number of halogens is 1. The van der Waals surface area contributed by atoms with Crippen molar-refractivity contribution in [3.05, 3.63) is 22.8 Å². The van der Waals surface area contributed by atoms with Crippen molar-refractivity contribution in [1.29, 1.82) is 5.41 Å². The Morgan fingerprint density at radius 1 is 1.77 bits per heavy atom. The second-order valence-electron chi connectivity index (χ2n) is 2.48. The lowest BCUT2D eigenvalue weighted by Crippen LogP contribution is -2.14. The third-order valence-electron chi connectivity index (χ3n) is 1.52. The van der Waals surface area contributed by atoms with E-state index in [1.54, 1.807) is 12.3 Å². The van der Waals surface area contributed by atoms with Crippen molar-refractivity contribution >= 4 is 17.4 Å². The van der Waals surface area contributed by atoms with E-state index >= 15 is 0 Å². The number of nitrogens with one attached hydrogen (secondary N) is 1. The van der Waals surface area contributed by atoms with E-state index in [9.17, 15) is 0 Å². The molecule has 0 aliphatic heterocycles. The zero-order valence-electron chi connectivity index (χ0n) is 7.17. The fourth-order valence-corrected chi connectivity index (χ4v) is 1.18. The van der Waals surface area contributed by atoms with Gasteiger partial charge in [0.05, 0.1) is 18.0 Å². The Balaban J connectivity index is 3.07. The Kier molecular flexibility index (Phi) is 3.08. The molecule has 70 valence electrons. The molecule has 0 saturated carbocycles. The van der Waals surface area contributed by atoms with Crippen LogP contribution in [-0.2, 0) is 6.42 Å². The number of aromatic nitrogens is 1. The standard InChI is InChI=1S/C8H10ClN3O/c1-13-8-5(4-7(10)11)6(9)2-3-12-8/h2-3H,4H2,1H3,(H3,10,11). The van der Waals surface area contributed by atoms with Crippen LogP contribution in [0, 0.1) is 5.41 Å². The van der Waals surface area contributed by atoms with E-state index in [1.165, 1.54) is 7.11 Å². The molecule has 1 heterocycles. The SMILES string of the molecule is COc1nccc(Cl)c1CC(=N)N. The molecule has 0 radical (unpaired) electrons. The maximum absolute atomic E-state index is 7.14. The molecule has 3 N–H and O–H groups in total. The van der Waals surface area contributed by atoms with Crippen LogP contribution in [0.1, 0.15) is 5.56 Å². The van der Waals surface area contributed by atoms with E-state index in [0.717, 1.165) is 0 Å². The second kappa shape index (κ2) is 4.09. The zero-order valence-corrected chi connectivity index (χ0v) is 7.93. The maximum Gasteiger partial charge on any atom is 0.218 e. The molecule has 0 saturated heterocycles. The predicted molar refractivity (Wildman–Crippen MR) is 51.4 cm³/mol. The van der Waals surface area contributed by atoms with Crippen molar-refractivity contribution in [2.75, 3.05) is 7.11 Å².